The van der Waals surface area contributed by atoms with Crippen LogP contribution in [0.4, 0.5) is 0 Å². The Morgan fingerprint density at radius 2 is 1.83 bits per heavy atom. The van der Waals surface area contributed by atoms with Gasteiger partial charge in [0.05, 0.1) is 0 Å². The van der Waals surface area contributed by atoms with E-state index >= 15 is 0 Å². The number of hydrogen-bond acceptors (Lipinski definition) is 3. The molecule has 1 aromatic rings. The van der Waals surface area contributed by atoms with Crippen molar-refractivity contribution in [2.45, 2.75) is 32.7 Å². The quantitative estimate of drug-likeness (QED) is 0.808. The molecule has 2 rings (SSSR count). The largest absolute Gasteiger partial charge is 0.381 e. The van der Waals surface area contributed by atoms with Gasteiger partial charge in [0.25, 0.3) is 0 Å². The molecule has 0 aliphatic carbocycles. The van der Waals surface area contributed by atoms with Gasteiger partial charge >= 0.3 is 0 Å². The minimum Gasteiger partial charge on any atom is -0.381 e. The third-order valence-corrected chi connectivity index (χ3v) is 4.66. The van der Waals surface area contributed by atoms with Gasteiger partial charge in [0.1, 0.15) is 6.04 Å². The summed E-state index contributed by atoms with van der Waals surface area (Å²) in [6.07, 6.45) is 2.11. The lowest BCUT2D eigenvalue weighted by Gasteiger charge is -2.33. The molecule has 4 heteroatoms. The van der Waals surface area contributed by atoms with E-state index in [1.54, 1.807) is 0 Å². The van der Waals surface area contributed by atoms with Gasteiger partial charge in [-0.1, -0.05) is 29.8 Å². The van der Waals surface area contributed by atoms with Gasteiger partial charge in [-0.3, -0.25) is 9.69 Å². The lowest BCUT2D eigenvalue weighted by Crippen LogP contribution is -2.43. The normalized spacial score (nSPS) is 17.3. The summed E-state index contributed by atoms with van der Waals surface area (Å²) in [6, 6.07) is 8.08. The first-order chi connectivity index (χ1) is 11.0. The summed E-state index contributed by atoms with van der Waals surface area (Å²) in [5.74, 6) is 0.765. The average molecular weight is 318 g/mol. The summed E-state index contributed by atoms with van der Waals surface area (Å²) < 4.78 is 5.43. The minimum absolute atomic E-state index is 0.202. The molecule has 0 unspecified atom stereocenters. The van der Waals surface area contributed by atoms with Crippen LogP contribution in [-0.2, 0) is 9.53 Å². The molecular formula is C19H30N2O2. The second kappa shape index (κ2) is 8.46. The molecule has 0 saturated carbocycles. The van der Waals surface area contributed by atoms with Crippen LogP contribution in [0.3, 0.4) is 0 Å². The van der Waals surface area contributed by atoms with Crippen molar-refractivity contribution in [3.8, 4) is 0 Å². The highest BCUT2D eigenvalue weighted by Crippen LogP contribution is 2.23. The molecular weight excluding hydrogens is 288 g/mol. The van der Waals surface area contributed by atoms with Crippen LogP contribution in [0.5, 0.6) is 0 Å². The van der Waals surface area contributed by atoms with E-state index in [2.05, 4.69) is 38.1 Å². The van der Waals surface area contributed by atoms with Gasteiger partial charge in [-0.05, 0) is 52.3 Å². The van der Waals surface area contributed by atoms with Crippen molar-refractivity contribution in [1.29, 1.82) is 0 Å². The number of carbonyl (C=O) groups excluding carboxylic acids is 1. The van der Waals surface area contributed by atoms with Crippen molar-refractivity contribution < 1.29 is 9.53 Å². The van der Waals surface area contributed by atoms with E-state index < -0.39 is 0 Å². The van der Waals surface area contributed by atoms with Gasteiger partial charge in [0.2, 0.25) is 5.91 Å². The molecule has 0 aromatic heterocycles. The third-order valence-electron chi connectivity index (χ3n) is 4.66. The maximum atomic E-state index is 13.1. The summed E-state index contributed by atoms with van der Waals surface area (Å²) in [5.41, 5.74) is 2.28. The standard InChI is InChI=1S/C19H30N2O2/c1-5-21(14-16-10-12-23-13-11-16)19(22)18(20(3)4)17-8-6-15(2)7-9-17/h6-9,16,18H,5,10-14H2,1-4H3/t18-/m1/s1. The molecule has 1 saturated heterocycles. The topological polar surface area (TPSA) is 32.8 Å². The molecule has 1 heterocycles. The number of rotatable bonds is 6. The highest BCUT2D eigenvalue weighted by molar-refractivity contribution is 5.83. The SMILES string of the molecule is CCN(CC1CCOCC1)C(=O)[C@@H](c1ccc(C)cc1)N(C)C. The van der Waals surface area contributed by atoms with Crippen LogP contribution >= 0.6 is 0 Å². The lowest BCUT2D eigenvalue weighted by molar-refractivity contribution is -0.137. The van der Waals surface area contributed by atoms with Crippen LogP contribution < -0.4 is 0 Å². The van der Waals surface area contributed by atoms with E-state index in [0.717, 1.165) is 44.7 Å². The average Bonchev–Trinajstić information content (AvgIpc) is 2.55. The van der Waals surface area contributed by atoms with Crippen molar-refractivity contribution in [3.05, 3.63) is 35.4 Å². The predicted octanol–water partition coefficient (Wildman–Crippen LogP) is 2.87. The van der Waals surface area contributed by atoms with Crippen LogP contribution in [0.2, 0.25) is 0 Å². The molecule has 0 N–H and O–H groups in total. The highest BCUT2D eigenvalue weighted by atomic mass is 16.5. The Labute approximate surface area is 140 Å². The fraction of sp³-hybridized carbons (Fsp3) is 0.632. The Kier molecular flexibility index (Phi) is 6.60. The minimum atomic E-state index is -0.213. The summed E-state index contributed by atoms with van der Waals surface area (Å²) >= 11 is 0. The van der Waals surface area contributed by atoms with Crippen molar-refractivity contribution in [3.63, 3.8) is 0 Å². The van der Waals surface area contributed by atoms with Crippen LogP contribution in [0.1, 0.15) is 36.9 Å². The first-order valence-electron chi connectivity index (χ1n) is 8.62. The van der Waals surface area contributed by atoms with Crippen LogP contribution in [0, 0.1) is 12.8 Å². The maximum absolute atomic E-state index is 13.1. The van der Waals surface area contributed by atoms with E-state index in [-0.39, 0.29) is 11.9 Å². The third kappa shape index (κ3) is 4.79. The number of nitrogens with zero attached hydrogens (tertiary/aromatic N) is 2. The summed E-state index contributed by atoms with van der Waals surface area (Å²) in [6.45, 7) is 7.39. The fourth-order valence-corrected chi connectivity index (χ4v) is 3.20. The van der Waals surface area contributed by atoms with Gasteiger partial charge in [-0.15, -0.1) is 0 Å². The second-order valence-electron chi connectivity index (χ2n) is 6.71. The molecule has 0 bridgehead atoms. The molecule has 1 fully saturated rings. The van der Waals surface area contributed by atoms with Gasteiger partial charge < -0.3 is 9.64 Å². The zero-order valence-electron chi connectivity index (χ0n) is 14.9. The Balaban J connectivity index is 2.12. The molecule has 1 amide bonds. The fourth-order valence-electron chi connectivity index (χ4n) is 3.20. The number of ether oxygens (including phenoxy) is 1. The van der Waals surface area contributed by atoms with Crippen LogP contribution in [0.25, 0.3) is 0 Å². The maximum Gasteiger partial charge on any atom is 0.244 e. The molecule has 4 nitrogen and oxygen atoms in total. The molecule has 128 valence electrons. The van der Waals surface area contributed by atoms with Gasteiger partial charge in [-0.25, -0.2) is 0 Å². The van der Waals surface area contributed by atoms with E-state index in [1.165, 1.54) is 5.56 Å². The van der Waals surface area contributed by atoms with Crippen molar-refractivity contribution in [2.75, 3.05) is 40.4 Å². The second-order valence-corrected chi connectivity index (χ2v) is 6.71. The lowest BCUT2D eigenvalue weighted by atomic mass is 9.98. The van der Waals surface area contributed by atoms with Crippen molar-refractivity contribution in [1.82, 2.24) is 9.80 Å². The number of hydrogen-bond donors (Lipinski definition) is 0. The molecule has 23 heavy (non-hydrogen) atoms. The zero-order chi connectivity index (χ0) is 16.8. The molecule has 1 aliphatic rings. The molecule has 1 aromatic carbocycles. The van der Waals surface area contributed by atoms with Crippen LogP contribution in [0.15, 0.2) is 24.3 Å². The highest BCUT2D eigenvalue weighted by Gasteiger charge is 2.29. The zero-order valence-corrected chi connectivity index (χ0v) is 14.9. The van der Waals surface area contributed by atoms with E-state index in [4.69, 9.17) is 4.74 Å². The summed E-state index contributed by atoms with van der Waals surface area (Å²) in [7, 11) is 3.95. The Bertz CT molecular complexity index is 493. The van der Waals surface area contributed by atoms with Crippen molar-refractivity contribution in [2.24, 2.45) is 5.92 Å². The Morgan fingerprint density at radius 3 is 2.35 bits per heavy atom. The van der Waals surface area contributed by atoms with E-state index in [1.807, 2.05) is 23.9 Å². The van der Waals surface area contributed by atoms with Gasteiger partial charge in [0.15, 0.2) is 0 Å². The predicted molar refractivity (Wildman–Crippen MR) is 93.4 cm³/mol. The monoisotopic (exact) mass is 318 g/mol. The smallest absolute Gasteiger partial charge is 0.244 e. The number of benzene rings is 1. The summed E-state index contributed by atoms with van der Waals surface area (Å²) in [5, 5.41) is 0. The number of likely N-dealkylation sites (N-methyl/N-ethyl adjacent to an activating group) is 2. The number of amides is 1. The van der Waals surface area contributed by atoms with E-state index in [0.29, 0.717) is 5.92 Å². The summed E-state index contributed by atoms with van der Waals surface area (Å²) in [4.78, 5) is 17.2. The van der Waals surface area contributed by atoms with Gasteiger partial charge in [0, 0.05) is 26.3 Å². The van der Waals surface area contributed by atoms with E-state index in [9.17, 15) is 4.79 Å². The van der Waals surface area contributed by atoms with Crippen LogP contribution in [-0.4, -0.2) is 56.1 Å². The van der Waals surface area contributed by atoms with Gasteiger partial charge in [-0.2, -0.15) is 0 Å². The number of carbonyl (C=O) groups is 1. The first kappa shape index (κ1) is 18.0. The molecule has 1 atom stereocenters. The molecule has 0 radical (unpaired) electrons. The first-order valence-corrected chi connectivity index (χ1v) is 8.62. The van der Waals surface area contributed by atoms with Crippen molar-refractivity contribution >= 4 is 5.91 Å². The molecule has 0 spiro atoms. The Hall–Kier alpha value is -1.39. The molecule has 1 aliphatic heterocycles. The Morgan fingerprint density at radius 1 is 1.22 bits per heavy atom. The number of aryl methyl sites for hydroxylation is 1.